The van der Waals surface area contributed by atoms with Crippen molar-refractivity contribution in [2.24, 2.45) is 0 Å². The van der Waals surface area contributed by atoms with E-state index in [0.717, 1.165) is 5.69 Å². The van der Waals surface area contributed by atoms with Crippen molar-refractivity contribution in [3.8, 4) is 0 Å². The molecule has 0 unspecified atom stereocenters. The van der Waals surface area contributed by atoms with Gasteiger partial charge >= 0.3 is 5.69 Å². The smallest absolute Gasteiger partial charge is 0.311 e. The van der Waals surface area contributed by atoms with Crippen molar-refractivity contribution in [2.75, 3.05) is 11.9 Å². The van der Waals surface area contributed by atoms with Gasteiger partial charge in [-0.05, 0) is 13.0 Å². The molecule has 0 aliphatic rings. The summed E-state index contributed by atoms with van der Waals surface area (Å²) in [5.41, 5.74) is 0.697. The minimum absolute atomic E-state index is 0.0254. The molecule has 2 aromatic heterocycles. The fourth-order valence-electron chi connectivity index (χ4n) is 1.57. The number of nitrogens with zero attached hydrogens (tertiary/aromatic N) is 5. The minimum atomic E-state index is -0.446. The lowest BCUT2D eigenvalue weighted by Gasteiger charge is -2.16. The molecular weight excluding hydrogens is 236 g/mol. The van der Waals surface area contributed by atoms with E-state index in [1.54, 1.807) is 24.9 Å². The molecule has 0 aliphatic heterocycles. The largest absolute Gasteiger partial charge is 0.346 e. The lowest BCUT2D eigenvalue weighted by Crippen LogP contribution is -2.20. The Labute approximate surface area is 103 Å². The molecule has 0 saturated heterocycles. The second-order valence-electron chi connectivity index (χ2n) is 3.84. The van der Waals surface area contributed by atoms with Crippen LogP contribution >= 0.6 is 0 Å². The average Bonchev–Trinajstić information content (AvgIpc) is 2.81. The van der Waals surface area contributed by atoms with Crippen LogP contribution in [-0.4, -0.2) is 32.1 Å². The number of aromatic amines is 1. The van der Waals surface area contributed by atoms with Gasteiger partial charge in [0.05, 0.1) is 11.5 Å². The molecule has 2 rings (SSSR count). The van der Waals surface area contributed by atoms with Crippen LogP contribution in [0.4, 0.5) is 11.5 Å². The Morgan fingerprint density at radius 1 is 1.50 bits per heavy atom. The number of rotatable bonds is 4. The summed E-state index contributed by atoms with van der Waals surface area (Å²) in [6, 6.07) is 3.07. The highest BCUT2D eigenvalue weighted by Crippen LogP contribution is 2.25. The van der Waals surface area contributed by atoms with Gasteiger partial charge in [-0.15, -0.1) is 0 Å². The van der Waals surface area contributed by atoms with E-state index >= 15 is 0 Å². The van der Waals surface area contributed by atoms with Crippen molar-refractivity contribution in [2.45, 2.75) is 13.5 Å². The standard InChI is InChI=1S/C10H12N6O2/c1-7-3-4-8(16(17)18)10(13-7)15(2)5-9-11-6-12-14-9/h3-4,6H,5H2,1-2H3,(H,11,12,14). The molecule has 0 radical (unpaired) electrons. The Hall–Kier alpha value is -2.51. The Morgan fingerprint density at radius 3 is 2.89 bits per heavy atom. The summed E-state index contributed by atoms with van der Waals surface area (Å²) in [4.78, 5) is 20.3. The second kappa shape index (κ2) is 4.78. The van der Waals surface area contributed by atoms with Crippen LogP contribution in [-0.2, 0) is 6.54 Å². The summed E-state index contributed by atoms with van der Waals surface area (Å²) in [6.45, 7) is 2.16. The summed E-state index contributed by atoms with van der Waals surface area (Å²) < 4.78 is 0. The first-order valence-electron chi connectivity index (χ1n) is 5.25. The average molecular weight is 248 g/mol. The van der Waals surface area contributed by atoms with E-state index in [4.69, 9.17) is 0 Å². The first-order chi connectivity index (χ1) is 8.58. The molecule has 8 nitrogen and oxygen atoms in total. The Kier molecular flexibility index (Phi) is 3.18. The van der Waals surface area contributed by atoms with Gasteiger partial charge in [0, 0.05) is 18.8 Å². The van der Waals surface area contributed by atoms with Crippen molar-refractivity contribution in [1.29, 1.82) is 0 Å². The third-order valence-electron chi connectivity index (χ3n) is 2.40. The van der Waals surface area contributed by atoms with Crippen LogP contribution in [0.1, 0.15) is 11.5 Å². The van der Waals surface area contributed by atoms with E-state index in [1.165, 1.54) is 12.4 Å². The third-order valence-corrected chi connectivity index (χ3v) is 2.40. The fraction of sp³-hybridized carbons (Fsp3) is 0.300. The summed E-state index contributed by atoms with van der Waals surface area (Å²) >= 11 is 0. The SMILES string of the molecule is Cc1ccc([N+](=O)[O-])c(N(C)Cc2ncn[nH]2)n1. The van der Waals surface area contributed by atoms with Gasteiger partial charge < -0.3 is 4.90 Å². The zero-order valence-electron chi connectivity index (χ0n) is 9.99. The van der Waals surface area contributed by atoms with Crippen LogP contribution in [0.15, 0.2) is 18.5 Å². The van der Waals surface area contributed by atoms with Crippen LogP contribution in [0.3, 0.4) is 0 Å². The van der Waals surface area contributed by atoms with E-state index < -0.39 is 4.92 Å². The predicted molar refractivity (Wildman–Crippen MR) is 64.1 cm³/mol. The molecule has 0 atom stereocenters. The number of pyridine rings is 1. The Bertz CT molecular complexity index is 554. The van der Waals surface area contributed by atoms with Gasteiger partial charge in [-0.3, -0.25) is 15.2 Å². The van der Waals surface area contributed by atoms with Crippen molar-refractivity contribution in [3.63, 3.8) is 0 Å². The second-order valence-corrected chi connectivity index (χ2v) is 3.84. The third kappa shape index (κ3) is 2.42. The molecule has 1 N–H and O–H groups in total. The van der Waals surface area contributed by atoms with Crippen molar-refractivity contribution in [3.05, 3.63) is 40.1 Å². The number of nitro groups is 1. The topological polar surface area (TPSA) is 101 Å². The lowest BCUT2D eigenvalue weighted by molar-refractivity contribution is -0.384. The Balaban J connectivity index is 2.31. The summed E-state index contributed by atoms with van der Waals surface area (Å²) in [7, 11) is 1.72. The van der Waals surface area contributed by atoms with Gasteiger partial charge in [0.15, 0.2) is 0 Å². The zero-order chi connectivity index (χ0) is 13.1. The van der Waals surface area contributed by atoms with Crippen LogP contribution in [0.25, 0.3) is 0 Å². The number of nitrogens with one attached hydrogen (secondary N) is 1. The molecule has 2 aromatic rings. The quantitative estimate of drug-likeness (QED) is 0.641. The molecule has 94 valence electrons. The maximum absolute atomic E-state index is 10.9. The molecule has 0 aromatic carbocycles. The molecule has 0 fully saturated rings. The van der Waals surface area contributed by atoms with Crippen LogP contribution in [0, 0.1) is 17.0 Å². The first-order valence-corrected chi connectivity index (χ1v) is 5.25. The van der Waals surface area contributed by atoms with E-state index in [2.05, 4.69) is 20.2 Å². The summed E-state index contributed by atoms with van der Waals surface area (Å²) in [6.07, 6.45) is 1.39. The van der Waals surface area contributed by atoms with E-state index in [9.17, 15) is 10.1 Å². The molecule has 0 amide bonds. The zero-order valence-corrected chi connectivity index (χ0v) is 9.99. The molecule has 0 aliphatic carbocycles. The number of hydrogen-bond acceptors (Lipinski definition) is 6. The minimum Gasteiger partial charge on any atom is -0.346 e. The molecule has 8 heteroatoms. The monoisotopic (exact) mass is 248 g/mol. The Morgan fingerprint density at radius 2 is 2.28 bits per heavy atom. The van der Waals surface area contributed by atoms with Gasteiger partial charge in [-0.2, -0.15) is 5.10 Å². The highest BCUT2D eigenvalue weighted by molar-refractivity contribution is 5.57. The molecular formula is C10H12N6O2. The lowest BCUT2D eigenvalue weighted by atomic mass is 10.3. The van der Waals surface area contributed by atoms with E-state index in [1.807, 2.05) is 0 Å². The number of anilines is 1. The summed E-state index contributed by atoms with van der Waals surface area (Å²) in [5.74, 6) is 0.937. The van der Waals surface area contributed by atoms with Gasteiger partial charge in [0.25, 0.3) is 0 Å². The predicted octanol–water partition coefficient (Wildman–Crippen LogP) is 1.05. The highest BCUT2D eigenvalue weighted by atomic mass is 16.6. The van der Waals surface area contributed by atoms with Crippen molar-refractivity contribution >= 4 is 11.5 Å². The van der Waals surface area contributed by atoms with Crippen molar-refractivity contribution < 1.29 is 4.92 Å². The van der Waals surface area contributed by atoms with Crippen LogP contribution in [0.5, 0.6) is 0 Å². The van der Waals surface area contributed by atoms with Gasteiger partial charge in [-0.25, -0.2) is 9.97 Å². The van der Waals surface area contributed by atoms with Crippen LogP contribution in [0.2, 0.25) is 0 Å². The van der Waals surface area contributed by atoms with Gasteiger partial charge in [0.2, 0.25) is 5.82 Å². The van der Waals surface area contributed by atoms with Crippen molar-refractivity contribution in [1.82, 2.24) is 20.2 Å². The number of aromatic nitrogens is 4. The first kappa shape index (κ1) is 12.0. The number of aryl methyl sites for hydroxylation is 1. The van der Waals surface area contributed by atoms with E-state index in [-0.39, 0.29) is 5.69 Å². The van der Waals surface area contributed by atoms with Crippen LogP contribution < -0.4 is 4.90 Å². The number of H-pyrrole nitrogens is 1. The molecule has 18 heavy (non-hydrogen) atoms. The maximum Gasteiger partial charge on any atom is 0.311 e. The molecule has 0 saturated carbocycles. The number of hydrogen-bond donors (Lipinski definition) is 1. The van der Waals surface area contributed by atoms with Gasteiger partial charge in [-0.1, -0.05) is 0 Å². The molecule has 0 bridgehead atoms. The summed E-state index contributed by atoms with van der Waals surface area (Å²) in [5, 5.41) is 17.4. The molecule has 2 heterocycles. The maximum atomic E-state index is 10.9. The van der Waals surface area contributed by atoms with E-state index in [0.29, 0.717) is 18.2 Å². The molecule has 0 spiro atoms. The normalized spacial score (nSPS) is 10.3. The van der Waals surface area contributed by atoms with Gasteiger partial charge in [0.1, 0.15) is 12.2 Å². The fourth-order valence-corrected chi connectivity index (χ4v) is 1.57. The highest BCUT2D eigenvalue weighted by Gasteiger charge is 2.19.